The van der Waals surface area contributed by atoms with Crippen molar-refractivity contribution in [2.24, 2.45) is 4.99 Å². The van der Waals surface area contributed by atoms with Gasteiger partial charge in [0.2, 0.25) is 0 Å². The number of hydrogen-bond acceptors (Lipinski definition) is 4. The van der Waals surface area contributed by atoms with Crippen molar-refractivity contribution >= 4 is 21.6 Å². The molecule has 4 rings (SSSR count). The number of rotatable bonds is 4. The van der Waals surface area contributed by atoms with E-state index in [9.17, 15) is 9.50 Å². The molecule has 148 valence electrons. The first kappa shape index (κ1) is 19.6. The molecule has 4 nitrogen and oxygen atoms in total. The monoisotopic (exact) mass is 454 g/mol. The van der Waals surface area contributed by atoms with Gasteiger partial charge in [0, 0.05) is 23.7 Å². The zero-order chi connectivity index (χ0) is 20.4. The van der Waals surface area contributed by atoms with E-state index in [4.69, 9.17) is 9.73 Å². The maximum atomic E-state index is 13.7. The first-order chi connectivity index (χ1) is 14.0. The fourth-order valence-electron chi connectivity index (χ4n) is 3.50. The molecule has 29 heavy (non-hydrogen) atoms. The molecule has 0 radical (unpaired) electrons. The second-order valence-corrected chi connectivity index (χ2v) is 7.72. The molecular weight excluding hydrogens is 435 g/mol. The molecule has 1 heterocycles. The Morgan fingerprint density at radius 1 is 1.10 bits per heavy atom. The smallest absolute Gasteiger partial charge is 0.137 e. The van der Waals surface area contributed by atoms with E-state index in [1.807, 2.05) is 36.4 Å². The van der Waals surface area contributed by atoms with Gasteiger partial charge >= 0.3 is 0 Å². The zero-order valence-corrected chi connectivity index (χ0v) is 17.4. The number of nitrogens with zero attached hydrogens (tertiary/aromatic N) is 1. The number of para-hydroxylation sites is 1. The lowest BCUT2D eigenvalue weighted by atomic mass is 9.93. The highest BCUT2D eigenvalue weighted by molar-refractivity contribution is 9.10. The summed E-state index contributed by atoms with van der Waals surface area (Å²) in [7, 11) is 1.63. The second-order valence-electron chi connectivity index (χ2n) is 6.86. The van der Waals surface area contributed by atoms with Gasteiger partial charge in [0.15, 0.2) is 0 Å². The lowest BCUT2D eigenvalue weighted by molar-refractivity contribution is 0.412. The van der Waals surface area contributed by atoms with E-state index in [0.29, 0.717) is 10.9 Å². The van der Waals surface area contributed by atoms with E-state index in [-0.39, 0.29) is 23.8 Å². The Labute approximate surface area is 177 Å². The molecule has 3 aromatic rings. The Hall–Kier alpha value is -2.70. The maximum absolute atomic E-state index is 13.7. The van der Waals surface area contributed by atoms with E-state index >= 15 is 0 Å². The molecule has 0 spiro atoms. The summed E-state index contributed by atoms with van der Waals surface area (Å²) in [6.45, 7) is 0. The predicted octanol–water partition coefficient (Wildman–Crippen LogP) is 5.52. The van der Waals surface area contributed by atoms with Crippen LogP contribution in [0, 0.1) is 5.82 Å². The largest absolute Gasteiger partial charge is 0.508 e. The van der Waals surface area contributed by atoms with E-state index < -0.39 is 0 Å². The van der Waals surface area contributed by atoms with Gasteiger partial charge in [-0.05, 0) is 69.5 Å². The minimum atomic E-state index is -0.373. The quantitative estimate of drug-likeness (QED) is 0.545. The van der Waals surface area contributed by atoms with E-state index in [2.05, 4.69) is 21.2 Å². The van der Waals surface area contributed by atoms with Crippen molar-refractivity contribution in [2.45, 2.75) is 18.6 Å². The van der Waals surface area contributed by atoms with Gasteiger partial charge in [-0.3, -0.25) is 10.3 Å². The van der Waals surface area contributed by atoms with Crippen LogP contribution in [0.3, 0.4) is 0 Å². The summed E-state index contributed by atoms with van der Waals surface area (Å²) in [6, 6.07) is 19.8. The number of phenols is 1. The van der Waals surface area contributed by atoms with E-state index in [1.54, 1.807) is 31.4 Å². The van der Waals surface area contributed by atoms with Crippen molar-refractivity contribution in [2.75, 3.05) is 7.11 Å². The summed E-state index contributed by atoms with van der Waals surface area (Å²) in [5, 5.41) is 13.9. The third kappa shape index (κ3) is 4.18. The molecule has 1 aliphatic heterocycles. The van der Waals surface area contributed by atoms with Gasteiger partial charge in [-0.1, -0.05) is 24.3 Å². The topological polar surface area (TPSA) is 53.8 Å². The molecule has 0 saturated heterocycles. The summed E-state index contributed by atoms with van der Waals surface area (Å²) >= 11 is 3.26. The molecule has 0 fully saturated rings. The molecule has 0 unspecified atom stereocenters. The molecule has 0 bridgehead atoms. The van der Waals surface area contributed by atoms with Crippen LogP contribution in [0.5, 0.6) is 11.5 Å². The lowest BCUT2D eigenvalue weighted by Crippen LogP contribution is -2.33. The zero-order valence-electron chi connectivity index (χ0n) is 15.8. The van der Waals surface area contributed by atoms with Crippen molar-refractivity contribution in [3.8, 4) is 11.5 Å². The second kappa shape index (κ2) is 8.35. The standard InChI is InChI=1S/C23H20BrFN2O2/c1-29-16-9-6-14(7-10-16)20-13-21(17-4-2-3-5-22(17)28)27-23(26-20)15-8-11-19(25)18(24)12-15/h2-12,21,23,27-28H,13H2,1H3/t21-,23+/m1/s1. The third-order valence-corrected chi connectivity index (χ3v) is 5.64. The Bertz CT molecular complexity index is 1050. The third-order valence-electron chi connectivity index (χ3n) is 5.04. The molecule has 2 N–H and O–H groups in total. The summed E-state index contributed by atoms with van der Waals surface area (Å²) in [5.41, 5.74) is 3.54. The van der Waals surface area contributed by atoms with Crippen LogP contribution in [-0.4, -0.2) is 17.9 Å². The lowest BCUT2D eigenvalue weighted by Gasteiger charge is -2.31. The van der Waals surface area contributed by atoms with Crippen molar-refractivity contribution in [1.82, 2.24) is 5.32 Å². The first-order valence-corrected chi connectivity index (χ1v) is 10.0. The Balaban J connectivity index is 1.75. The molecule has 0 aromatic heterocycles. The van der Waals surface area contributed by atoms with Crippen molar-refractivity contribution in [1.29, 1.82) is 0 Å². The number of phenolic OH excluding ortho intramolecular Hbond substituents is 1. The number of aromatic hydroxyl groups is 1. The van der Waals surface area contributed by atoms with Crippen molar-refractivity contribution in [3.63, 3.8) is 0 Å². The van der Waals surface area contributed by atoms with Crippen molar-refractivity contribution in [3.05, 3.63) is 93.7 Å². The molecular formula is C23H20BrFN2O2. The molecule has 0 amide bonds. The SMILES string of the molecule is COc1ccc(C2=N[C@H](c3ccc(F)c(Br)c3)N[C@@H](c3ccccc3O)C2)cc1. The van der Waals surface area contributed by atoms with Crippen LogP contribution in [0.15, 0.2) is 76.2 Å². The fourth-order valence-corrected chi connectivity index (χ4v) is 3.90. The first-order valence-electron chi connectivity index (χ1n) is 9.25. The van der Waals surface area contributed by atoms with Crippen LogP contribution < -0.4 is 10.1 Å². The molecule has 2 atom stereocenters. The molecule has 3 aromatic carbocycles. The molecule has 6 heteroatoms. The summed E-state index contributed by atoms with van der Waals surface area (Å²) in [4.78, 5) is 4.89. The Morgan fingerprint density at radius 2 is 1.86 bits per heavy atom. The number of nitrogens with one attached hydrogen (secondary N) is 1. The number of halogens is 2. The average molecular weight is 455 g/mol. The van der Waals surface area contributed by atoms with Gasteiger partial charge < -0.3 is 9.84 Å². The van der Waals surface area contributed by atoms with Crippen LogP contribution in [0.4, 0.5) is 4.39 Å². The van der Waals surface area contributed by atoms with Gasteiger partial charge in [0.1, 0.15) is 23.5 Å². The molecule has 0 aliphatic carbocycles. The number of ether oxygens (including phenoxy) is 1. The predicted molar refractivity (Wildman–Crippen MR) is 115 cm³/mol. The maximum Gasteiger partial charge on any atom is 0.137 e. The van der Waals surface area contributed by atoms with Gasteiger partial charge in [0.25, 0.3) is 0 Å². The van der Waals surface area contributed by atoms with Crippen LogP contribution in [0.1, 0.15) is 35.3 Å². The van der Waals surface area contributed by atoms with E-state index in [0.717, 1.165) is 28.2 Å². The summed E-state index contributed by atoms with van der Waals surface area (Å²) in [6.07, 6.45) is 0.241. The number of aliphatic imine (C=N–C) groups is 1. The van der Waals surface area contributed by atoms with Gasteiger partial charge in [-0.2, -0.15) is 0 Å². The number of methoxy groups -OCH3 is 1. The summed E-state index contributed by atoms with van der Waals surface area (Å²) in [5.74, 6) is 0.695. The van der Waals surface area contributed by atoms with Gasteiger partial charge in [-0.25, -0.2) is 4.39 Å². The van der Waals surface area contributed by atoms with Crippen molar-refractivity contribution < 1.29 is 14.2 Å². The minimum absolute atomic E-state index is 0.139. The Morgan fingerprint density at radius 3 is 2.55 bits per heavy atom. The van der Waals surface area contributed by atoms with Crippen LogP contribution in [0.2, 0.25) is 0 Å². The number of benzene rings is 3. The fraction of sp³-hybridized carbons (Fsp3) is 0.174. The molecule has 0 saturated carbocycles. The normalized spacial score (nSPS) is 18.9. The summed E-state index contributed by atoms with van der Waals surface area (Å²) < 4.78 is 19.4. The highest BCUT2D eigenvalue weighted by Crippen LogP contribution is 2.35. The van der Waals surface area contributed by atoms with Gasteiger partial charge in [-0.15, -0.1) is 0 Å². The highest BCUT2D eigenvalue weighted by atomic mass is 79.9. The van der Waals surface area contributed by atoms with Crippen LogP contribution in [0.25, 0.3) is 0 Å². The van der Waals surface area contributed by atoms with Crippen LogP contribution in [-0.2, 0) is 0 Å². The van der Waals surface area contributed by atoms with Crippen LogP contribution >= 0.6 is 15.9 Å². The molecule has 1 aliphatic rings. The minimum Gasteiger partial charge on any atom is -0.508 e. The van der Waals surface area contributed by atoms with Gasteiger partial charge in [0.05, 0.1) is 11.6 Å². The number of hydrogen-bond donors (Lipinski definition) is 2. The Kier molecular flexibility index (Phi) is 5.65. The highest BCUT2D eigenvalue weighted by Gasteiger charge is 2.27. The van der Waals surface area contributed by atoms with E-state index in [1.165, 1.54) is 6.07 Å². The average Bonchev–Trinajstić information content (AvgIpc) is 2.75.